The second-order valence-electron chi connectivity index (χ2n) is 4.59. The molecule has 1 N–H and O–H groups in total. The number of carbonyl (C=O) groups excluding carboxylic acids is 1. The smallest absolute Gasteiger partial charge is 0.339 e. The highest BCUT2D eigenvalue weighted by Crippen LogP contribution is 2.25. The average Bonchev–Trinajstić information content (AvgIpc) is 2.18. The zero-order valence-corrected chi connectivity index (χ0v) is 10.5. The highest BCUT2D eigenvalue weighted by molar-refractivity contribution is 6.31. The van der Waals surface area contributed by atoms with Gasteiger partial charge in [0.25, 0.3) is 0 Å². The Morgan fingerprint density at radius 3 is 2.35 bits per heavy atom. The first-order chi connectivity index (χ1) is 7.71. The first-order valence-corrected chi connectivity index (χ1v) is 5.35. The standard InChI is InChI=1S/C12H13ClO4/c1-12(2,3)11(16)17-9-5-4-7(13)6-8(9)10(14)15/h4-6H,1-3H3,(H,14,15). The zero-order valence-electron chi connectivity index (χ0n) is 9.78. The number of ether oxygens (including phenoxy) is 1. The molecule has 0 spiro atoms. The summed E-state index contributed by atoms with van der Waals surface area (Å²) < 4.78 is 5.05. The Labute approximate surface area is 104 Å². The first kappa shape index (κ1) is 13.5. The van der Waals surface area contributed by atoms with Crippen molar-refractivity contribution in [1.82, 2.24) is 0 Å². The lowest BCUT2D eigenvalue weighted by molar-refractivity contribution is -0.143. The number of hydrogen-bond acceptors (Lipinski definition) is 3. The van der Waals surface area contributed by atoms with Gasteiger partial charge in [0.1, 0.15) is 11.3 Å². The molecule has 92 valence electrons. The number of rotatable bonds is 2. The van der Waals surface area contributed by atoms with Gasteiger partial charge in [-0.2, -0.15) is 0 Å². The third-order valence-corrected chi connectivity index (χ3v) is 2.22. The van der Waals surface area contributed by atoms with Crippen LogP contribution in [0, 0.1) is 5.41 Å². The Morgan fingerprint density at radius 1 is 1.29 bits per heavy atom. The average molecular weight is 257 g/mol. The number of carboxylic acid groups (broad SMARTS) is 1. The third-order valence-electron chi connectivity index (χ3n) is 1.99. The molecular formula is C12H13ClO4. The van der Waals surface area contributed by atoms with Crippen molar-refractivity contribution in [3.05, 3.63) is 28.8 Å². The number of halogens is 1. The normalized spacial score (nSPS) is 11.1. The van der Waals surface area contributed by atoms with E-state index in [1.165, 1.54) is 18.2 Å². The van der Waals surface area contributed by atoms with Gasteiger partial charge in [0.05, 0.1) is 5.41 Å². The highest BCUT2D eigenvalue weighted by Gasteiger charge is 2.25. The maximum atomic E-state index is 11.6. The van der Waals surface area contributed by atoms with Crippen molar-refractivity contribution >= 4 is 23.5 Å². The summed E-state index contributed by atoms with van der Waals surface area (Å²) in [4.78, 5) is 22.6. The minimum Gasteiger partial charge on any atom is -0.478 e. The Bertz CT molecular complexity index is 460. The molecule has 0 aliphatic rings. The summed E-state index contributed by atoms with van der Waals surface area (Å²) in [5, 5.41) is 9.23. The number of aromatic carboxylic acids is 1. The van der Waals surface area contributed by atoms with Crippen LogP contribution >= 0.6 is 11.6 Å². The van der Waals surface area contributed by atoms with Crippen molar-refractivity contribution in [3.63, 3.8) is 0 Å². The summed E-state index contributed by atoms with van der Waals surface area (Å²) in [5.41, 5.74) is -0.829. The molecule has 1 aromatic carbocycles. The minimum atomic E-state index is -1.19. The van der Waals surface area contributed by atoms with E-state index in [2.05, 4.69) is 0 Å². The van der Waals surface area contributed by atoms with E-state index < -0.39 is 17.4 Å². The topological polar surface area (TPSA) is 63.6 Å². The SMILES string of the molecule is CC(C)(C)C(=O)Oc1ccc(Cl)cc1C(=O)O. The van der Waals surface area contributed by atoms with Crippen LogP contribution in [0.25, 0.3) is 0 Å². The van der Waals surface area contributed by atoms with Gasteiger partial charge in [-0.1, -0.05) is 11.6 Å². The van der Waals surface area contributed by atoms with E-state index in [1.807, 2.05) is 0 Å². The van der Waals surface area contributed by atoms with Crippen molar-refractivity contribution in [2.45, 2.75) is 20.8 Å². The van der Waals surface area contributed by atoms with Crippen LogP contribution in [0.1, 0.15) is 31.1 Å². The van der Waals surface area contributed by atoms with Gasteiger partial charge >= 0.3 is 11.9 Å². The molecule has 0 bridgehead atoms. The molecule has 1 aromatic rings. The second-order valence-corrected chi connectivity index (χ2v) is 5.02. The van der Waals surface area contributed by atoms with Crippen molar-refractivity contribution in [1.29, 1.82) is 0 Å². The third kappa shape index (κ3) is 3.46. The van der Waals surface area contributed by atoms with Crippen LogP contribution in [-0.2, 0) is 4.79 Å². The molecular weight excluding hydrogens is 244 g/mol. The van der Waals surface area contributed by atoms with Gasteiger partial charge in [-0.25, -0.2) is 4.79 Å². The van der Waals surface area contributed by atoms with Crippen molar-refractivity contribution in [2.75, 3.05) is 0 Å². The minimum absolute atomic E-state index is 0.00169. The molecule has 0 atom stereocenters. The highest BCUT2D eigenvalue weighted by atomic mass is 35.5. The largest absolute Gasteiger partial charge is 0.478 e. The molecule has 0 amide bonds. The lowest BCUT2D eigenvalue weighted by Crippen LogP contribution is -2.26. The van der Waals surface area contributed by atoms with E-state index in [0.29, 0.717) is 0 Å². The maximum Gasteiger partial charge on any atom is 0.339 e. The molecule has 0 aliphatic heterocycles. The summed E-state index contributed by atoms with van der Waals surface area (Å²) in [6.45, 7) is 5.06. The van der Waals surface area contributed by atoms with Gasteiger partial charge in [0.2, 0.25) is 0 Å². The number of benzene rings is 1. The van der Waals surface area contributed by atoms with Crippen LogP contribution < -0.4 is 4.74 Å². The van der Waals surface area contributed by atoms with Crippen molar-refractivity contribution in [3.8, 4) is 5.75 Å². The van der Waals surface area contributed by atoms with E-state index in [-0.39, 0.29) is 16.3 Å². The quantitative estimate of drug-likeness (QED) is 0.653. The summed E-state index contributed by atoms with van der Waals surface area (Å²) in [6, 6.07) is 4.09. The molecule has 5 heteroatoms. The van der Waals surface area contributed by atoms with Gasteiger partial charge in [-0.15, -0.1) is 0 Å². The molecule has 0 aromatic heterocycles. The number of carbonyl (C=O) groups is 2. The molecule has 1 rings (SSSR count). The fourth-order valence-corrected chi connectivity index (χ4v) is 1.18. The zero-order chi connectivity index (χ0) is 13.2. The lowest BCUT2D eigenvalue weighted by atomic mass is 9.97. The summed E-state index contributed by atoms with van der Waals surface area (Å²) in [5.74, 6) is -1.69. The molecule has 0 saturated carbocycles. The summed E-state index contributed by atoms with van der Waals surface area (Å²) in [6.07, 6.45) is 0. The van der Waals surface area contributed by atoms with Crippen LogP contribution in [0.4, 0.5) is 0 Å². The van der Waals surface area contributed by atoms with Gasteiger partial charge in [-0.05, 0) is 39.0 Å². The Kier molecular flexibility index (Phi) is 3.78. The monoisotopic (exact) mass is 256 g/mol. The number of esters is 1. The maximum absolute atomic E-state index is 11.6. The van der Waals surface area contributed by atoms with Gasteiger partial charge in [0, 0.05) is 5.02 Å². The fraction of sp³-hybridized carbons (Fsp3) is 0.333. The first-order valence-electron chi connectivity index (χ1n) is 4.97. The van der Waals surface area contributed by atoms with Crippen molar-refractivity contribution in [2.24, 2.45) is 5.41 Å². The van der Waals surface area contributed by atoms with Gasteiger partial charge < -0.3 is 9.84 Å². The fourth-order valence-electron chi connectivity index (χ4n) is 1.01. The molecule has 0 aliphatic carbocycles. The van der Waals surface area contributed by atoms with E-state index in [9.17, 15) is 9.59 Å². The van der Waals surface area contributed by atoms with Crippen molar-refractivity contribution < 1.29 is 19.4 Å². The molecule has 0 heterocycles. The van der Waals surface area contributed by atoms with E-state index in [0.717, 1.165) is 0 Å². The van der Waals surface area contributed by atoms with Crippen LogP contribution in [0.15, 0.2) is 18.2 Å². The molecule has 0 saturated heterocycles. The molecule has 0 unspecified atom stereocenters. The Morgan fingerprint density at radius 2 is 1.88 bits per heavy atom. The summed E-state index contributed by atoms with van der Waals surface area (Å²) >= 11 is 5.68. The van der Waals surface area contributed by atoms with Gasteiger partial charge in [-0.3, -0.25) is 4.79 Å². The van der Waals surface area contributed by atoms with E-state index in [1.54, 1.807) is 20.8 Å². The molecule has 0 radical (unpaired) electrons. The summed E-state index contributed by atoms with van der Waals surface area (Å²) in [7, 11) is 0. The van der Waals surface area contributed by atoms with Crippen LogP contribution in [0.3, 0.4) is 0 Å². The number of carboxylic acids is 1. The molecule has 4 nitrogen and oxygen atoms in total. The van der Waals surface area contributed by atoms with Crippen LogP contribution in [0.5, 0.6) is 5.75 Å². The number of hydrogen-bond donors (Lipinski definition) is 1. The van der Waals surface area contributed by atoms with E-state index in [4.69, 9.17) is 21.4 Å². The Hall–Kier alpha value is -1.55. The van der Waals surface area contributed by atoms with Crippen LogP contribution in [-0.4, -0.2) is 17.0 Å². The van der Waals surface area contributed by atoms with Crippen LogP contribution in [0.2, 0.25) is 5.02 Å². The Balaban J connectivity index is 3.07. The predicted molar refractivity (Wildman–Crippen MR) is 63.5 cm³/mol. The molecule has 0 fully saturated rings. The predicted octanol–water partition coefficient (Wildman–Crippen LogP) is 2.99. The van der Waals surface area contributed by atoms with E-state index >= 15 is 0 Å². The lowest BCUT2D eigenvalue weighted by Gasteiger charge is -2.17. The van der Waals surface area contributed by atoms with Gasteiger partial charge in [0.15, 0.2) is 0 Å². The second kappa shape index (κ2) is 4.75. The molecule has 17 heavy (non-hydrogen) atoms.